The second kappa shape index (κ2) is 6.13. The van der Waals surface area contributed by atoms with Gasteiger partial charge >= 0.3 is 5.97 Å². The molecule has 1 aromatic rings. The molecule has 0 aliphatic carbocycles. The summed E-state index contributed by atoms with van der Waals surface area (Å²) in [5.74, 6) is 0.0347. The highest BCUT2D eigenvalue weighted by Crippen LogP contribution is 2.24. The van der Waals surface area contributed by atoms with E-state index in [0.29, 0.717) is 29.3 Å². The van der Waals surface area contributed by atoms with Crippen LogP contribution in [0, 0.1) is 5.92 Å². The van der Waals surface area contributed by atoms with Crippen LogP contribution >= 0.6 is 11.6 Å². The molecule has 0 bridgehead atoms. The van der Waals surface area contributed by atoms with E-state index < -0.39 is 5.97 Å². The number of ether oxygens (including phenoxy) is 2. The summed E-state index contributed by atoms with van der Waals surface area (Å²) in [6, 6.07) is 4.73. The molecule has 1 heterocycles. The van der Waals surface area contributed by atoms with Crippen molar-refractivity contribution in [2.45, 2.75) is 6.42 Å². The number of rotatable bonds is 4. The number of carbonyl (C=O) groups is 2. The Balaban J connectivity index is 1.97. The number of halogens is 1. The normalized spacial score (nSPS) is 18.2. The lowest BCUT2D eigenvalue weighted by atomic mass is 10.1. The van der Waals surface area contributed by atoms with E-state index in [1.807, 2.05) is 0 Å². The highest BCUT2D eigenvalue weighted by atomic mass is 35.5. The molecule has 20 heavy (non-hydrogen) atoms. The summed E-state index contributed by atoms with van der Waals surface area (Å²) in [5.41, 5.74) is 0.328. The number of carbonyl (C=O) groups excluding carboxylic acids is 2. The molecule has 1 atom stereocenters. The van der Waals surface area contributed by atoms with Gasteiger partial charge < -0.3 is 14.4 Å². The van der Waals surface area contributed by atoms with Crippen LogP contribution in [0.25, 0.3) is 0 Å². The minimum Gasteiger partial charge on any atom is -0.496 e. The molecule has 0 aromatic heterocycles. The maximum absolute atomic E-state index is 12.0. The Labute approximate surface area is 122 Å². The lowest BCUT2D eigenvalue weighted by molar-refractivity contribution is -0.126. The summed E-state index contributed by atoms with van der Waals surface area (Å²) in [7, 11) is 3.21. The molecule has 5 nitrogen and oxygen atoms in total. The first-order valence-corrected chi connectivity index (χ1v) is 6.63. The molecular weight excluding hydrogens is 282 g/mol. The molecule has 0 spiro atoms. The number of amides is 1. The lowest BCUT2D eigenvalue weighted by Crippen LogP contribution is -2.20. The van der Waals surface area contributed by atoms with Crippen LogP contribution in [0.5, 0.6) is 5.75 Å². The van der Waals surface area contributed by atoms with E-state index in [2.05, 4.69) is 0 Å². The van der Waals surface area contributed by atoms with E-state index in [4.69, 9.17) is 21.1 Å². The van der Waals surface area contributed by atoms with Crippen molar-refractivity contribution in [3.05, 3.63) is 28.8 Å². The van der Waals surface area contributed by atoms with Gasteiger partial charge in [0.2, 0.25) is 5.91 Å². The highest BCUT2D eigenvalue weighted by Gasteiger charge is 2.28. The largest absolute Gasteiger partial charge is 0.496 e. The first-order valence-electron chi connectivity index (χ1n) is 6.26. The Morgan fingerprint density at radius 1 is 1.50 bits per heavy atom. The van der Waals surface area contributed by atoms with Crippen LogP contribution in [0.1, 0.15) is 16.8 Å². The third-order valence-electron chi connectivity index (χ3n) is 3.25. The molecule has 0 saturated carbocycles. The third kappa shape index (κ3) is 3.22. The van der Waals surface area contributed by atoms with Crippen molar-refractivity contribution >= 4 is 23.5 Å². The van der Waals surface area contributed by atoms with Crippen LogP contribution in [0.2, 0.25) is 5.02 Å². The predicted octanol–water partition coefficient (Wildman–Crippen LogP) is 1.98. The van der Waals surface area contributed by atoms with Gasteiger partial charge in [-0.25, -0.2) is 4.79 Å². The number of likely N-dealkylation sites (tertiary alicyclic amines) is 1. The van der Waals surface area contributed by atoms with Crippen LogP contribution in [0.15, 0.2) is 18.2 Å². The number of nitrogens with zero attached hydrogens (tertiary/aromatic N) is 1. The smallest absolute Gasteiger partial charge is 0.341 e. The molecule has 0 radical (unpaired) electrons. The van der Waals surface area contributed by atoms with Crippen molar-refractivity contribution in [2.75, 3.05) is 27.3 Å². The summed E-state index contributed by atoms with van der Waals surface area (Å²) < 4.78 is 10.4. The Morgan fingerprint density at radius 2 is 2.25 bits per heavy atom. The fourth-order valence-corrected chi connectivity index (χ4v) is 2.34. The maximum Gasteiger partial charge on any atom is 0.341 e. The summed E-state index contributed by atoms with van der Waals surface area (Å²) in [5, 5.41) is 0.487. The van der Waals surface area contributed by atoms with E-state index in [-0.39, 0.29) is 18.4 Å². The molecule has 1 fully saturated rings. The zero-order valence-electron chi connectivity index (χ0n) is 11.4. The fraction of sp³-hybridized carbons (Fsp3) is 0.429. The topological polar surface area (TPSA) is 55.8 Å². The van der Waals surface area contributed by atoms with Gasteiger partial charge in [0, 0.05) is 31.0 Å². The van der Waals surface area contributed by atoms with E-state index in [0.717, 1.165) is 0 Å². The minimum atomic E-state index is -0.472. The van der Waals surface area contributed by atoms with Crippen LogP contribution in [-0.2, 0) is 9.53 Å². The zero-order chi connectivity index (χ0) is 14.7. The van der Waals surface area contributed by atoms with E-state index in [1.165, 1.54) is 7.11 Å². The highest BCUT2D eigenvalue weighted by molar-refractivity contribution is 6.30. The second-order valence-corrected chi connectivity index (χ2v) is 5.22. The molecule has 1 saturated heterocycles. The van der Waals surface area contributed by atoms with Crippen LogP contribution in [-0.4, -0.2) is 44.1 Å². The number of methoxy groups -OCH3 is 1. The average molecular weight is 298 g/mol. The zero-order valence-corrected chi connectivity index (χ0v) is 12.1. The van der Waals surface area contributed by atoms with Gasteiger partial charge in [0.1, 0.15) is 11.3 Å². The van der Waals surface area contributed by atoms with Crippen molar-refractivity contribution in [3.63, 3.8) is 0 Å². The van der Waals surface area contributed by atoms with Gasteiger partial charge in [0.05, 0.1) is 13.7 Å². The molecule has 6 heteroatoms. The Kier molecular flexibility index (Phi) is 4.49. The van der Waals surface area contributed by atoms with E-state index in [9.17, 15) is 9.59 Å². The van der Waals surface area contributed by atoms with Gasteiger partial charge in [-0.05, 0) is 18.2 Å². The molecule has 1 aliphatic rings. The summed E-state index contributed by atoms with van der Waals surface area (Å²) >= 11 is 5.84. The number of hydrogen-bond donors (Lipinski definition) is 0. The fourth-order valence-electron chi connectivity index (χ4n) is 2.17. The quantitative estimate of drug-likeness (QED) is 0.798. The summed E-state index contributed by atoms with van der Waals surface area (Å²) in [6.45, 7) is 0.838. The molecule has 2 rings (SSSR count). The molecular formula is C14H16ClNO4. The molecule has 0 N–H and O–H groups in total. The van der Waals surface area contributed by atoms with Crippen molar-refractivity contribution in [1.82, 2.24) is 4.90 Å². The number of benzene rings is 1. The van der Waals surface area contributed by atoms with E-state index in [1.54, 1.807) is 30.1 Å². The van der Waals surface area contributed by atoms with Crippen LogP contribution in [0.3, 0.4) is 0 Å². The Hall–Kier alpha value is -1.75. The SMILES string of the molecule is COc1cc(Cl)ccc1C(=O)OC[C@@H]1CC(=O)N(C)C1. The van der Waals surface area contributed by atoms with Crippen molar-refractivity contribution < 1.29 is 19.1 Å². The second-order valence-electron chi connectivity index (χ2n) is 4.79. The molecule has 0 unspecified atom stereocenters. The summed E-state index contributed by atoms with van der Waals surface area (Å²) in [6.07, 6.45) is 0.418. The van der Waals surface area contributed by atoms with Gasteiger partial charge in [-0.3, -0.25) is 4.79 Å². The average Bonchev–Trinajstić information content (AvgIpc) is 2.75. The Bertz CT molecular complexity index is 532. The maximum atomic E-state index is 12.0. The third-order valence-corrected chi connectivity index (χ3v) is 3.49. The summed E-state index contributed by atoms with van der Waals surface area (Å²) in [4.78, 5) is 25.0. The van der Waals surface area contributed by atoms with E-state index >= 15 is 0 Å². The number of esters is 1. The lowest BCUT2D eigenvalue weighted by Gasteiger charge is -2.12. The molecule has 1 amide bonds. The van der Waals surface area contributed by atoms with Crippen molar-refractivity contribution in [1.29, 1.82) is 0 Å². The van der Waals surface area contributed by atoms with Gasteiger partial charge in [0.25, 0.3) is 0 Å². The molecule has 1 aromatic carbocycles. The van der Waals surface area contributed by atoms with Gasteiger partial charge in [-0.1, -0.05) is 11.6 Å². The predicted molar refractivity (Wildman–Crippen MR) is 74.0 cm³/mol. The minimum absolute atomic E-state index is 0.0507. The first-order chi connectivity index (χ1) is 9.51. The van der Waals surface area contributed by atoms with Crippen molar-refractivity contribution in [3.8, 4) is 5.75 Å². The van der Waals surface area contributed by atoms with Crippen LogP contribution in [0.4, 0.5) is 0 Å². The van der Waals surface area contributed by atoms with Gasteiger partial charge in [-0.2, -0.15) is 0 Å². The number of hydrogen-bond acceptors (Lipinski definition) is 4. The monoisotopic (exact) mass is 297 g/mol. The van der Waals surface area contributed by atoms with Crippen LogP contribution < -0.4 is 4.74 Å². The molecule has 108 valence electrons. The van der Waals surface area contributed by atoms with Gasteiger partial charge in [-0.15, -0.1) is 0 Å². The Morgan fingerprint density at radius 3 is 2.85 bits per heavy atom. The standard InChI is InChI=1S/C14H16ClNO4/c1-16-7-9(5-13(16)17)8-20-14(18)11-4-3-10(15)6-12(11)19-2/h3-4,6,9H,5,7-8H2,1-2H3/t9-/m1/s1. The van der Waals surface area contributed by atoms with Gasteiger partial charge in [0.15, 0.2) is 0 Å². The first kappa shape index (κ1) is 14.7. The molecule has 1 aliphatic heterocycles. The van der Waals surface area contributed by atoms with Crippen molar-refractivity contribution in [2.24, 2.45) is 5.92 Å².